The molecule has 2 saturated heterocycles. The Morgan fingerprint density at radius 2 is 1.77 bits per heavy atom. The van der Waals surface area contributed by atoms with Gasteiger partial charge in [-0.2, -0.15) is 0 Å². The molecule has 0 saturated carbocycles. The third-order valence-corrected chi connectivity index (χ3v) is 11.3. The van der Waals surface area contributed by atoms with E-state index >= 15 is 0 Å². The van der Waals surface area contributed by atoms with E-state index in [0.717, 1.165) is 4.90 Å². The third-order valence-electron chi connectivity index (χ3n) is 6.78. The van der Waals surface area contributed by atoms with E-state index in [2.05, 4.69) is 15.9 Å². The van der Waals surface area contributed by atoms with Crippen molar-refractivity contribution >= 4 is 115 Å². The minimum atomic E-state index is -2.19. The molecule has 2 aliphatic rings. The highest BCUT2D eigenvalue weighted by molar-refractivity contribution is 14.1. The number of benzene rings is 1. The summed E-state index contributed by atoms with van der Waals surface area (Å²) >= 11 is 30.2. The topological polar surface area (TPSA) is 134 Å². The summed E-state index contributed by atoms with van der Waals surface area (Å²) in [5.41, 5.74) is -1.59. The van der Waals surface area contributed by atoms with Crippen molar-refractivity contribution in [2.75, 3.05) is 11.2 Å². The lowest BCUT2D eigenvalue weighted by Gasteiger charge is -2.50. The number of ether oxygens (including phenoxy) is 6. The smallest absolute Gasteiger partial charge is 0.321 e. The van der Waals surface area contributed by atoms with E-state index in [-0.39, 0.29) is 5.33 Å². The van der Waals surface area contributed by atoms with Crippen LogP contribution in [0.2, 0.25) is 0 Å². The van der Waals surface area contributed by atoms with E-state index in [4.69, 9.17) is 80.2 Å². The molecule has 1 aromatic carbocycles. The van der Waals surface area contributed by atoms with Crippen LogP contribution in [0.5, 0.6) is 0 Å². The van der Waals surface area contributed by atoms with E-state index in [9.17, 15) is 14.7 Å². The van der Waals surface area contributed by atoms with Crippen LogP contribution in [0.3, 0.4) is 0 Å². The lowest BCUT2D eigenvalue weighted by Crippen LogP contribution is -2.67. The molecule has 0 aromatic heterocycles. The van der Waals surface area contributed by atoms with Gasteiger partial charge in [-0.25, -0.2) is 0 Å². The molecule has 10 nitrogen and oxygen atoms in total. The Bertz CT molecular complexity index is 1150. The van der Waals surface area contributed by atoms with Gasteiger partial charge in [-0.05, 0) is 26.0 Å². The zero-order valence-corrected chi connectivity index (χ0v) is 31.5. The van der Waals surface area contributed by atoms with Gasteiger partial charge in [-0.15, -0.1) is 23.4 Å². The van der Waals surface area contributed by atoms with Gasteiger partial charge in [0.2, 0.25) is 12.2 Å². The highest BCUT2D eigenvalue weighted by Gasteiger charge is 2.57. The van der Waals surface area contributed by atoms with Crippen LogP contribution in [-0.4, -0.2) is 95.8 Å². The number of hydrogen-bond acceptors (Lipinski definition) is 11. The molecule has 248 valence electrons. The second kappa shape index (κ2) is 16.5. The first-order chi connectivity index (χ1) is 20.5. The first-order valence-corrected chi connectivity index (χ1v) is 18.3. The number of halogens is 6. The fourth-order valence-electron chi connectivity index (χ4n) is 4.53. The first-order valence-electron chi connectivity index (χ1n) is 13.4. The molecule has 1 aromatic rings. The Morgan fingerprint density at radius 3 is 2.32 bits per heavy atom. The number of thioether (sulfide) groups is 1. The summed E-state index contributed by atoms with van der Waals surface area (Å²) in [5.74, 6) is -2.76. The molecule has 2 N–H and O–H groups in total. The van der Waals surface area contributed by atoms with Crippen molar-refractivity contribution in [3.05, 3.63) is 30.3 Å². The third kappa shape index (κ3) is 9.64. The molecule has 0 aliphatic carbocycles. The molecular weight excluding hydrogens is 863 g/mol. The van der Waals surface area contributed by atoms with Crippen LogP contribution in [0.1, 0.15) is 27.7 Å². The van der Waals surface area contributed by atoms with Crippen LogP contribution in [-0.2, 0) is 38.0 Å². The summed E-state index contributed by atoms with van der Waals surface area (Å²) in [4.78, 5) is 25.7. The Morgan fingerprint density at radius 1 is 1.14 bits per heavy atom. The largest absolute Gasteiger partial charge is 0.456 e. The van der Waals surface area contributed by atoms with Crippen LogP contribution in [0.15, 0.2) is 35.2 Å². The molecule has 2 heterocycles. The van der Waals surface area contributed by atoms with Gasteiger partial charge in [0.15, 0.2) is 18.5 Å². The Hall–Kier alpha value is 0.190. The molecule has 0 amide bonds. The summed E-state index contributed by atoms with van der Waals surface area (Å²) < 4.78 is 33.2. The average Bonchev–Trinajstić information content (AvgIpc) is 2.96. The Balaban J connectivity index is 2.05. The fraction of sp³-hybridized carbons (Fsp3) is 0.667. The molecule has 17 heteroatoms. The minimum absolute atomic E-state index is 0.150. The lowest BCUT2D eigenvalue weighted by atomic mass is 9.88. The summed E-state index contributed by atoms with van der Waals surface area (Å²) in [6.45, 7) is 6.58. The van der Waals surface area contributed by atoms with Gasteiger partial charge < -0.3 is 33.5 Å². The monoisotopic (exact) mass is 893 g/mol. The van der Waals surface area contributed by atoms with Crippen molar-refractivity contribution in [2.24, 2.45) is 5.92 Å². The number of esters is 2. The van der Waals surface area contributed by atoms with Crippen molar-refractivity contribution in [3.8, 4) is 0 Å². The molecular formula is C27H33BrCl4INO9S. The van der Waals surface area contributed by atoms with E-state index in [1.807, 2.05) is 52.9 Å². The van der Waals surface area contributed by atoms with Crippen molar-refractivity contribution in [2.45, 2.75) is 94.3 Å². The number of carbonyl (C=O) groups excluding carboxylic acids is 2. The quantitative estimate of drug-likeness (QED) is 0.0944. The Kier molecular flexibility index (Phi) is 14.5. The standard InChI is InChI=1S/C27H33BrCl4INO9S/c1-12(2)22(36)42-21-13(3)38-24(20(33)26(21,4)37)41-18-17(40-16(35)11-29)15(10-28)39-23(43-25(34)27(30,31)32)19(18)44-14-8-6-5-7-9-14/h5-9,12-13,15,17-21,23-24,34,37H,10-11H2,1-4H3/t13-,15+,17+,18-,19+,20-,21-,23+,24-,26-/m0/s1. The van der Waals surface area contributed by atoms with Crippen LogP contribution < -0.4 is 0 Å². The SMILES string of the molecule is CC(C)C(=O)O[C@H]1[C@H](C)O[C@@H](O[C@H]2[C@H](OC(=O)CCl)[C@@H](CBr)O[C@H](OC(=N)C(Cl)(Cl)Cl)[C@@H]2Sc2ccccc2)[C@H](I)[C@]1(C)O. The average molecular weight is 896 g/mol. The zero-order valence-electron chi connectivity index (χ0n) is 24.0. The lowest BCUT2D eigenvalue weighted by molar-refractivity contribution is -0.307. The van der Waals surface area contributed by atoms with Crippen molar-refractivity contribution < 1.29 is 43.1 Å². The maximum atomic E-state index is 12.5. The summed E-state index contributed by atoms with van der Waals surface area (Å²) in [5, 5.41) is 19.2. The molecule has 0 radical (unpaired) electrons. The number of hydrogen-bond donors (Lipinski definition) is 2. The van der Waals surface area contributed by atoms with Gasteiger partial charge >= 0.3 is 11.9 Å². The van der Waals surface area contributed by atoms with Crippen molar-refractivity contribution in [1.82, 2.24) is 0 Å². The van der Waals surface area contributed by atoms with Crippen LogP contribution >= 0.6 is 96.7 Å². The maximum absolute atomic E-state index is 12.5. The number of carbonyl (C=O) groups is 2. The molecule has 3 rings (SSSR count). The number of aliphatic hydroxyl groups is 1. The molecule has 0 spiro atoms. The number of nitrogens with one attached hydrogen (secondary N) is 1. The zero-order chi connectivity index (χ0) is 33.0. The highest BCUT2D eigenvalue weighted by Crippen LogP contribution is 2.43. The summed E-state index contributed by atoms with van der Waals surface area (Å²) in [7, 11) is 0. The second-order valence-corrected chi connectivity index (χ2v) is 16.4. The van der Waals surface area contributed by atoms with E-state index in [0.29, 0.717) is 0 Å². The van der Waals surface area contributed by atoms with Crippen molar-refractivity contribution in [3.63, 3.8) is 0 Å². The van der Waals surface area contributed by atoms with Crippen molar-refractivity contribution in [1.29, 1.82) is 5.41 Å². The van der Waals surface area contributed by atoms with E-state index in [1.165, 1.54) is 11.8 Å². The fourth-order valence-corrected chi connectivity index (χ4v) is 7.16. The van der Waals surface area contributed by atoms with Gasteiger partial charge in [0.1, 0.15) is 28.9 Å². The van der Waals surface area contributed by atoms with Gasteiger partial charge in [-0.1, -0.05) is 105 Å². The van der Waals surface area contributed by atoms with E-state index < -0.39 is 91.3 Å². The number of alkyl halides is 6. The van der Waals surface area contributed by atoms with Crippen LogP contribution in [0.25, 0.3) is 0 Å². The number of rotatable bonds is 10. The molecule has 10 atom stereocenters. The predicted octanol–water partition coefficient (Wildman–Crippen LogP) is 6.03. The molecule has 0 bridgehead atoms. The normalized spacial score (nSPS) is 34.3. The molecule has 44 heavy (non-hydrogen) atoms. The van der Waals surface area contributed by atoms with E-state index in [1.54, 1.807) is 27.7 Å². The van der Waals surface area contributed by atoms with Crippen LogP contribution in [0, 0.1) is 11.3 Å². The summed E-state index contributed by atoms with van der Waals surface area (Å²) in [6.07, 6.45) is -7.10. The highest BCUT2D eigenvalue weighted by atomic mass is 127. The Labute approximate surface area is 302 Å². The minimum Gasteiger partial charge on any atom is -0.456 e. The molecule has 2 fully saturated rings. The predicted molar refractivity (Wildman–Crippen MR) is 181 cm³/mol. The van der Waals surface area contributed by atoms with Gasteiger partial charge in [0.05, 0.1) is 15.9 Å². The molecule has 2 aliphatic heterocycles. The second-order valence-electron chi connectivity index (χ2n) is 10.6. The summed E-state index contributed by atoms with van der Waals surface area (Å²) in [6, 6.07) is 9.19. The maximum Gasteiger partial charge on any atom is 0.321 e. The van der Waals surface area contributed by atoms with Gasteiger partial charge in [-0.3, -0.25) is 15.0 Å². The van der Waals surface area contributed by atoms with Gasteiger partial charge in [0, 0.05) is 10.2 Å². The molecule has 0 unspecified atom stereocenters. The van der Waals surface area contributed by atoms with Crippen LogP contribution in [0.4, 0.5) is 0 Å². The first kappa shape index (κ1) is 38.6. The van der Waals surface area contributed by atoms with Gasteiger partial charge in [0.25, 0.3) is 3.79 Å².